The van der Waals surface area contributed by atoms with Gasteiger partial charge in [0.1, 0.15) is 10.4 Å². The Morgan fingerprint density at radius 3 is 2.55 bits per heavy atom. The van der Waals surface area contributed by atoms with Gasteiger partial charge in [0.2, 0.25) is 0 Å². The average molecular weight is 504 g/mol. The largest absolute Gasteiger partial charge is 0.334 e. The molecule has 0 saturated carbocycles. The lowest BCUT2D eigenvalue weighted by Crippen LogP contribution is -2.31. The van der Waals surface area contributed by atoms with E-state index in [0.717, 1.165) is 5.56 Å². The molecule has 1 N–H and O–H groups in total. The molecule has 31 heavy (non-hydrogen) atoms. The lowest BCUT2D eigenvalue weighted by atomic mass is 10.0. The molecule has 0 spiro atoms. The van der Waals surface area contributed by atoms with Crippen molar-refractivity contribution >= 4 is 38.6 Å². The van der Waals surface area contributed by atoms with E-state index in [-0.39, 0.29) is 33.2 Å². The van der Waals surface area contributed by atoms with Crippen LogP contribution in [0.2, 0.25) is 5.02 Å². The molecule has 0 aliphatic rings. The number of pyridine rings is 2. The van der Waals surface area contributed by atoms with Crippen LogP contribution < -0.4 is 11.2 Å². The Morgan fingerprint density at radius 2 is 1.87 bits per heavy atom. The van der Waals surface area contributed by atoms with Crippen LogP contribution in [0.5, 0.6) is 0 Å². The summed E-state index contributed by atoms with van der Waals surface area (Å²) in [5, 5.41) is 0.213. The summed E-state index contributed by atoms with van der Waals surface area (Å²) in [4.78, 5) is 36.9. The van der Waals surface area contributed by atoms with Gasteiger partial charge in [-0.3, -0.25) is 9.78 Å². The van der Waals surface area contributed by atoms with Gasteiger partial charge in [0.05, 0.1) is 27.5 Å². The van der Waals surface area contributed by atoms with E-state index >= 15 is 0 Å². The quantitative estimate of drug-likeness (QED) is 0.393. The minimum absolute atomic E-state index is 0.0292. The zero-order valence-electron chi connectivity index (χ0n) is 16.8. The van der Waals surface area contributed by atoms with Crippen molar-refractivity contribution in [2.45, 2.75) is 26.7 Å². The SMILES string of the molecule is Cc1cc(Br)nc(C(C)C)c1-n1c(=O)[nH]c(=O)c2cc(Cl)c(-c3ccccc3F)nc21. The fourth-order valence-corrected chi connectivity index (χ4v) is 4.31. The second-order valence-electron chi connectivity index (χ2n) is 7.41. The van der Waals surface area contributed by atoms with Crippen molar-refractivity contribution in [3.05, 3.63) is 83.9 Å². The van der Waals surface area contributed by atoms with Crippen LogP contribution in [-0.2, 0) is 0 Å². The zero-order chi connectivity index (χ0) is 22.4. The van der Waals surface area contributed by atoms with E-state index in [0.29, 0.717) is 16.0 Å². The first-order valence-electron chi connectivity index (χ1n) is 9.47. The lowest BCUT2D eigenvalue weighted by Gasteiger charge is -2.18. The maximum Gasteiger partial charge on any atom is 0.334 e. The number of benzene rings is 1. The lowest BCUT2D eigenvalue weighted by molar-refractivity contribution is 0.631. The van der Waals surface area contributed by atoms with Gasteiger partial charge < -0.3 is 0 Å². The molecule has 0 fully saturated rings. The van der Waals surface area contributed by atoms with Gasteiger partial charge in [-0.1, -0.05) is 37.6 Å². The molecule has 0 atom stereocenters. The third-order valence-corrected chi connectivity index (χ3v) is 5.61. The van der Waals surface area contributed by atoms with Gasteiger partial charge in [-0.2, -0.15) is 0 Å². The molecule has 0 radical (unpaired) electrons. The van der Waals surface area contributed by atoms with Gasteiger partial charge in [0, 0.05) is 5.56 Å². The van der Waals surface area contributed by atoms with Crippen molar-refractivity contribution in [2.24, 2.45) is 0 Å². The van der Waals surface area contributed by atoms with E-state index in [2.05, 4.69) is 30.9 Å². The molecule has 0 bridgehead atoms. The maximum atomic E-state index is 14.5. The summed E-state index contributed by atoms with van der Waals surface area (Å²) in [6.45, 7) is 5.74. The summed E-state index contributed by atoms with van der Waals surface area (Å²) >= 11 is 9.76. The summed E-state index contributed by atoms with van der Waals surface area (Å²) in [6.07, 6.45) is 0. The Hall–Kier alpha value is -2.84. The number of hydrogen-bond donors (Lipinski definition) is 1. The second kappa shape index (κ2) is 8.01. The van der Waals surface area contributed by atoms with Crippen LogP contribution in [0.1, 0.15) is 31.0 Å². The Balaban J connectivity index is 2.18. The van der Waals surface area contributed by atoms with Crippen LogP contribution in [0, 0.1) is 12.7 Å². The van der Waals surface area contributed by atoms with Gasteiger partial charge in [-0.05, 0) is 58.6 Å². The van der Waals surface area contributed by atoms with Crippen molar-refractivity contribution in [1.29, 1.82) is 0 Å². The predicted molar refractivity (Wildman–Crippen MR) is 123 cm³/mol. The molecule has 0 aliphatic carbocycles. The van der Waals surface area contributed by atoms with Crippen LogP contribution in [0.3, 0.4) is 0 Å². The van der Waals surface area contributed by atoms with Crippen molar-refractivity contribution in [1.82, 2.24) is 19.5 Å². The third kappa shape index (κ3) is 3.70. The molecule has 158 valence electrons. The topological polar surface area (TPSA) is 80.6 Å². The van der Waals surface area contributed by atoms with Gasteiger partial charge >= 0.3 is 5.69 Å². The fourth-order valence-electron chi connectivity index (χ4n) is 3.53. The maximum absolute atomic E-state index is 14.5. The number of rotatable bonds is 3. The number of halogens is 3. The number of aromatic nitrogens is 4. The number of fused-ring (bicyclic) bond motifs is 1. The molecule has 4 aromatic rings. The standard InChI is InChI=1S/C22H17BrClFN4O2/c1-10(2)17-19(11(3)8-16(23)26-17)29-20-13(21(30)28-22(29)31)9-14(24)18(27-20)12-6-4-5-7-15(12)25/h4-10H,1-3H3,(H,28,30,31). The number of nitrogens with zero attached hydrogens (tertiary/aromatic N) is 3. The molecule has 9 heteroatoms. The molecular formula is C22H17BrClFN4O2. The van der Waals surface area contributed by atoms with Crippen LogP contribution in [-0.4, -0.2) is 19.5 Å². The van der Waals surface area contributed by atoms with Crippen LogP contribution in [0.25, 0.3) is 28.0 Å². The zero-order valence-corrected chi connectivity index (χ0v) is 19.2. The van der Waals surface area contributed by atoms with E-state index in [1.165, 1.54) is 22.8 Å². The van der Waals surface area contributed by atoms with Crippen LogP contribution in [0.4, 0.5) is 4.39 Å². The van der Waals surface area contributed by atoms with E-state index in [9.17, 15) is 14.0 Å². The molecule has 6 nitrogen and oxygen atoms in total. The smallest absolute Gasteiger partial charge is 0.273 e. The summed E-state index contributed by atoms with van der Waals surface area (Å²) in [5.74, 6) is -0.544. The summed E-state index contributed by atoms with van der Waals surface area (Å²) < 4.78 is 16.4. The van der Waals surface area contributed by atoms with Crippen molar-refractivity contribution < 1.29 is 4.39 Å². The Labute approximate surface area is 189 Å². The first-order chi connectivity index (χ1) is 14.7. The van der Waals surface area contributed by atoms with E-state index in [1.807, 2.05) is 20.8 Å². The molecule has 0 aliphatic heterocycles. The van der Waals surface area contributed by atoms with Crippen molar-refractivity contribution in [3.8, 4) is 16.9 Å². The number of aryl methyl sites for hydroxylation is 1. The monoisotopic (exact) mass is 502 g/mol. The minimum Gasteiger partial charge on any atom is -0.273 e. The van der Waals surface area contributed by atoms with Gasteiger partial charge in [-0.15, -0.1) is 0 Å². The molecule has 1 aromatic carbocycles. The molecule has 3 aromatic heterocycles. The van der Waals surface area contributed by atoms with Gasteiger partial charge in [0.25, 0.3) is 5.56 Å². The van der Waals surface area contributed by atoms with E-state index in [4.69, 9.17) is 11.6 Å². The molecular weight excluding hydrogens is 487 g/mol. The van der Waals surface area contributed by atoms with Crippen LogP contribution in [0.15, 0.2) is 50.6 Å². The predicted octanol–water partition coefficient (Wildman–Crippen LogP) is 5.12. The van der Waals surface area contributed by atoms with Crippen molar-refractivity contribution in [2.75, 3.05) is 0 Å². The highest BCUT2D eigenvalue weighted by molar-refractivity contribution is 9.10. The number of nitrogens with one attached hydrogen (secondary N) is 1. The Morgan fingerprint density at radius 1 is 1.16 bits per heavy atom. The fraction of sp³-hybridized carbons (Fsp3) is 0.182. The first-order valence-corrected chi connectivity index (χ1v) is 10.6. The Kier molecular flexibility index (Phi) is 5.53. The Bertz CT molecular complexity index is 1460. The highest BCUT2D eigenvalue weighted by Crippen LogP contribution is 2.32. The molecule has 4 rings (SSSR count). The number of hydrogen-bond acceptors (Lipinski definition) is 4. The van der Waals surface area contributed by atoms with E-state index < -0.39 is 17.1 Å². The molecule has 0 amide bonds. The van der Waals surface area contributed by atoms with Gasteiger partial charge in [0.15, 0.2) is 5.65 Å². The third-order valence-electron chi connectivity index (χ3n) is 4.91. The minimum atomic E-state index is -0.666. The summed E-state index contributed by atoms with van der Waals surface area (Å²) in [7, 11) is 0. The molecule has 0 saturated heterocycles. The highest BCUT2D eigenvalue weighted by atomic mass is 79.9. The van der Waals surface area contributed by atoms with E-state index in [1.54, 1.807) is 18.2 Å². The van der Waals surface area contributed by atoms with Gasteiger partial charge in [-0.25, -0.2) is 23.7 Å². The first kappa shape index (κ1) is 21.4. The summed E-state index contributed by atoms with van der Waals surface area (Å²) in [6, 6.07) is 9.22. The normalized spacial score (nSPS) is 11.5. The average Bonchev–Trinajstić information content (AvgIpc) is 2.69. The highest BCUT2D eigenvalue weighted by Gasteiger charge is 2.21. The number of aromatic amines is 1. The molecule has 0 unspecified atom stereocenters. The number of H-pyrrole nitrogens is 1. The second-order valence-corrected chi connectivity index (χ2v) is 8.63. The van der Waals surface area contributed by atoms with Crippen LogP contribution >= 0.6 is 27.5 Å². The summed E-state index contributed by atoms with van der Waals surface area (Å²) in [5.41, 5.74) is 1.00. The van der Waals surface area contributed by atoms with Crippen molar-refractivity contribution in [3.63, 3.8) is 0 Å². The molecule has 3 heterocycles.